The van der Waals surface area contributed by atoms with Gasteiger partial charge in [0, 0.05) is 25.2 Å². The zero-order valence-electron chi connectivity index (χ0n) is 14.3. The lowest BCUT2D eigenvalue weighted by atomic mass is 10.0. The molecule has 0 radical (unpaired) electrons. The predicted octanol–water partition coefficient (Wildman–Crippen LogP) is 3.35. The molecule has 1 heterocycles. The number of thiocarbonyl (C=S) groups is 1. The monoisotopic (exact) mass is 355 g/mol. The van der Waals surface area contributed by atoms with Gasteiger partial charge < -0.3 is 15.4 Å². The number of hydrogen-bond donors (Lipinski definition) is 2. The molecule has 0 aliphatic carbocycles. The number of anilines is 1. The van der Waals surface area contributed by atoms with Crippen molar-refractivity contribution in [1.82, 2.24) is 10.2 Å². The van der Waals surface area contributed by atoms with Crippen molar-refractivity contribution in [3.05, 3.63) is 28.3 Å². The molecule has 4 nitrogen and oxygen atoms in total. The number of ether oxygens (including phenoxy) is 1. The van der Waals surface area contributed by atoms with Crippen LogP contribution in [0, 0.1) is 13.8 Å². The number of rotatable bonds is 4. The molecule has 1 saturated heterocycles. The van der Waals surface area contributed by atoms with Crippen LogP contribution in [0.2, 0.25) is 5.02 Å². The Balaban J connectivity index is 1.92. The van der Waals surface area contributed by atoms with Gasteiger partial charge in [0.1, 0.15) is 0 Å². The highest BCUT2D eigenvalue weighted by molar-refractivity contribution is 7.80. The molecule has 1 fully saturated rings. The molecular weight excluding hydrogens is 330 g/mol. The van der Waals surface area contributed by atoms with Crippen molar-refractivity contribution in [1.29, 1.82) is 0 Å². The molecule has 0 atom stereocenters. The first-order valence-electron chi connectivity index (χ1n) is 7.94. The van der Waals surface area contributed by atoms with Crippen molar-refractivity contribution in [3.63, 3.8) is 0 Å². The van der Waals surface area contributed by atoms with Gasteiger partial charge in [-0.2, -0.15) is 0 Å². The molecule has 1 aromatic carbocycles. The Labute approximate surface area is 149 Å². The first-order valence-corrected chi connectivity index (χ1v) is 8.72. The number of hydrogen-bond acceptors (Lipinski definition) is 3. The van der Waals surface area contributed by atoms with Gasteiger partial charge in [-0.05, 0) is 57.1 Å². The third-order valence-corrected chi connectivity index (χ3v) is 4.76. The van der Waals surface area contributed by atoms with Crippen molar-refractivity contribution >= 4 is 34.6 Å². The maximum atomic E-state index is 6.32. The van der Waals surface area contributed by atoms with Crippen molar-refractivity contribution in [2.24, 2.45) is 0 Å². The number of benzene rings is 1. The highest BCUT2D eigenvalue weighted by Crippen LogP contribution is 2.27. The summed E-state index contributed by atoms with van der Waals surface area (Å²) in [7, 11) is 0. The molecule has 0 saturated carbocycles. The fourth-order valence-electron chi connectivity index (χ4n) is 2.81. The van der Waals surface area contributed by atoms with Crippen LogP contribution in [0.1, 0.15) is 25.0 Å². The number of aryl methyl sites for hydroxylation is 2. The van der Waals surface area contributed by atoms with Gasteiger partial charge in [-0.25, -0.2) is 0 Å². The predicted molar refractivity (Wildman–Crippen MR) is 102 cm³/mol. The third-order valence-electron chi connectivity index (χ3n) is 4.22. The average molecular weight is 356 g/mol. The molecule has 0 amide bonds. The summed E-state index contributed by atoms with van der Waals surface area (Å²) in [4.78, 5) is 2.43. The minimum Gasteiger partial charge on any atom is -0.379 e. The SMILES string of the molecule is Cc1cc(C)c(NC(=S)NCC(C)(C)N2CCOCC2)c(Cl)c1. The van der Waals surface area contributed by atoms with E-state index in [0.717, 1.165) is 49.7 Å². The third kappa shape index (κ3) is 5.05. The summed E-state index contributed by atoms with van der Waals surface area (Å²) in [6.45, 7) is 12.8. The van der Waals surface area contributed by atoms with Gasteiger partial charge in [-0.1, -0.05) is 17.7 Å². The Morgan fingerprint density at radius 3 is 2.57 bits per heavy atom. The van der Waals surface area contributed by atoms with E-state index >= 15 is 0 Å². The van der Waals surface area contributed by atoms with Crippen LogP contribution in [-0.2, 0) is 4.74 Å². The van der Waals surface area contributed by atoms with Crippen LogP contribution in [0.4, 0.5) is 5.69 Å². The van der Waals surface area contributed by atoms with E-state index < -0.39 is 0 Å². The normalized spacial score (nSPS) is 16.2. The van der Waals surface area contributed by atoms with Gasteiger partial charge in [0.15, 0.2) is 5.11 Å². The van der Waals surface area contributed by atoms with Gasteiger partial charge in [-0.3, -0.25) is 4.90 Å². The quantitative estimate of drug-likeness (QED) is 0.810. The van der Waals surface area contributed by atoms with Crippen LogP contribution in [0.5, 0.6) is 0 Å². The van der Waals surface area contributed by atoms with E-state index in [1.165, 1.54) is 0 Å². The van der Waals surface area contributed by atoms with Crippen molar-refractivity contribution in [3.8, 4) is 0 Å². The second-order valence-corrected chi connectivity index (χ2v) is 7.47. The summed E-state index contributed by atoms with van der Waals surface area (Å²) in [6.07, 6.45) is 0. The fraction of sp³-hybridized carbons (Fsp3) is 0.588. The molecule has 23 heavy (non-hydrogen) atoms. The molecule has 128 valence electrons. The van der Waals surface area contributed by atoms with E-state index in [2.05, 4.69) is 35.4 Å². The molecule has 2 rings (SSSR count). The van der Waals surface area contributed by atoms with Gasteiger partial charge in [0.2, 0.25) is 0 Å². The summed E-state index contributed by atoms with van der Waals surface area (Å²) >= 11 is 11.8. The number of nitrogens with zero attached hydrogens (tertiary/aromatic N) is 1. The van der Waals surface area contributed by atoms with E-state index in [0.29, 0.717) is 10.1 Å². The minimum atomic E-state index is 0.0155. The summed E-state index contributed by atoms with van der Waals surface area (Å²) in [5, 5.41) is 7.83. The summed E-state index contributed by atoms with van der Waals surface area (Å²) in [5.74, 6) is 0. The highest BCUT2D eigenvalue weighted by atomic mass is 35.5. The Bertz CT molecular complexity index is 548. The maximum absolute atomic E-state index is 6.32. The average Bonchev–Trinajstić information content (AvgIpc) is 2.50. The fourth-order valence-corrected chi connectivity index (χ4v) is 3.35. The zero-order valence-corrected chi connectivity index (χ0v) is 15.9. The minimum absolute atomic E-state index is 0.0155. The van der Waals surface area contributed by atoms with Crippen molar-refractivity contribution in [2.75, 3.05) is 38.2 Å². The second kappa shape index (κ2) is 7.79. The van der Waals surface area contributed by atoms with Crippen LogP contribution in [0.15, 0.2) is 12.1 Å². The van der Waals surface area contributed by atoms with E-state index in [1.54, 1.807) is 0 Å². The smallest absolute Gasteiger partial charge is 0.170 e. The van der Waals surface area contributed by atoms with E-state index in [-0.39, 0.29) is 5.54 Å². The summed E-state index contributed by atoms with van der Waals surface area (Å²) in [6, 6.07) is 4.03. The Hall–Kier alpha value is -0.880. The molecule has 1 aliphatic heterocycles. The van der Waals surface area contributed by atoms with Crippen LogP contribution < -0.4 is 10.6 Å². The molecule has 0 spiro atoms. The number of nitrogens with one attached hydrogen (secondary N) is 2. The standard InChI is InChI=1S/C17H26ClN3OS/c1-12-9-13(2)15(14(18)10-12)20-16(23)19-11-17(3,4)21-5-7-22-8-6-21/h9-10H,5-8,11H2,1-4H3,(H2,19,20,23). The van der Waals surface area contributed by atoms with Gasteiger partial charge >= 0.3 is 0 Å². The summed E-state index contributed by atoms with van der Waals surface area (Å²) in [5.41, 5.74) is 3.12. The van der Waals surface area contributed by atoms with Crippen LogP contribution in [-0.4, -0.2) is 48.4 Å². The first-order chi connectivity index (χ1) is 10.8. The Morgan fingerprint density at radius 2 is 1.96 bits per heavy atom. The highest BCUT2D eigenvalue weighted by Gasteiger charge is 2.28. The van der Waals surface area contributed by atoms with Crippen LogP contribution in [0.25, 0.3) is 0 Å². The van der Waals surface area contributed by atoms with Crippen LogP contribution >= 0.6 is 23.8 Å². The van der Waals surface area contributed by atoms with Crippen molar-refractivity contribution in [2.45, 2.75) is 33.2 Å². The largest absolute Gasteiger partial charge is 0.379 e. The van der Waals surface area contributed by atoms with E-state index in [9.17, 15) is 0 Å². The van der Waals surface area contributed by atoms with Gasteiger partial charge in [0.05, 0.1) is 23.9 Å². The maximum Gasteiger partial charge on any atom is 0.170 e. The molecule has 1 aliphatic rings. The van der Waals surface area contributed by atoms with Crippen LogP contribution in [0.3, 0.4) is 0 Å². The Kier molecular flexibility index (Phi) is 6.26. The molecular formula is C17H26ClN3OS. The van der Waals surface area contributed by atoms with Gasteiger partial charge in [0.25, 0.3) is 0 Å². The Morgan fingerprint density at radius 1 is 1.30 bits per heavy atom. The van der Waals surface area contributed by atoms with E-state index in [1.807, 2.05) is 19.9 Å². The van der Waals surface area contributed by atoms with E-state index in [4.69, 9.17) is 28.6 Å². The summed E-state index contributed by atoms with van der Waals surface area (Å²) < 4.78 is 5.42. The zero-order chi connectivity index (χ0) is 17.0. The number of morpholine rings is 1. The molecule has 6 heteroatoms. The molecule has 1 aromatic rings. The lowest BCUT2D eigenvalue weighted by Gasteiger charge is -2.41. The van der Waals surface area contributed by atoms with Gasteiger partial charge in [-0.15, -0.1) is 0 Å². The first kappa shape index (κ1) is 18.5. The molecule has 0 bridgehead atoms. The second-order valence-electron chi connectivity index (χ2n) is 6.66. The lowest BCUT2D eigenvalue weighted by Crippen LogP contribution is -2.55. The molecule has 0 unspecified atom stereocenters. The number of halogens is 1. The van der Waals surface area contributed by atoms with Crippen molar-refractivity contribution < 1.29 is 4.74 Å². The topological polar surface area (TPSA) is 36.5 Å². The molecule has 2 N–H and O–H groups in total. The molecule has 0 aromatic heterocycles. The lowest BCUT2D eigenvalue weighted by molar-refractivity contribution is -0.00823.